The maximum Gasteiger partial charge on any atom is 0.200 e. The van der Waals surface area contributed by atoms with Crippen LogP contribution < -0.4 is 12.4 Å². The Hall–Kier alpha value is 0.0500. The lowest BCUT2D eigenvalue weighted by atomic mass is 10.1. The van der Waals surface area contributed by atoms with Crippen molar-refractivity contribution in [3.8, 4) is 12.3 Å². The van der Waals surface area contributed by atoms with E-state index in [1.807, 2.05) is 12.1 Å². The second-order valence-electron chi connectivity index (χ2n) is 7.35. The van der Waals surface area contributed by atoms with Gasteiger partial charge in [0.1, 0.15) is 0 Å². The first-order valence-corrected chi connectivity index (χ1v) is 11.9. The molecule has 1 nitrogen and oxygen atoms in total. The summed E-state index contributed by atoms with van der Waals surface area (Å²) >= 11 is 8.91. The summed E-state index contributed by atoms with van der Waals surface area (Å²) in [6.07, 6.45) is 17.3. The molecular weight excluding hydrogens is 488 g/mol. The number of unbranched alkanes of at least 4 members (excludes halogenated alkanes) is 6. The Bertz CT molecular complexity index is 529. The zero-order valence-electron chi connectivity index (χ0n) is 17.0. The van der Waals surface area contributed by atoms with Crippen LogP contribution in [0.5, 0.6) is 0 Å². The first-order valence-electron chi connectivity index (χ1n) is 10.3. The highest BCUT2D eigenvalue weighted by molar-refractivity contribution is 14.1. The van der Waals surface area contributed by atoms with Crippen molar-refractivity contribution in [1.82, 2.24) is 0 Å². The molecule has 1 rings (SSSR count). The fourth-order valence-electron chi connectivity index (χ4n) is 3.58. The summed E-state index contributed by atoms with van der Waals surface area (Å²) in [6.45, 7) is 8.00. The third-order valence-electron chi connectivity index (χ3n) is 5.32. The molecule has 1 unspecified atom stereocenters. The molecule has 0 spiro atoms. The van der Waals surface area contributed by atoms with E-state index in [2.05, 4.69) is 54.5 Å². The van der Waals surface area contributed by atoms with E-state index in [4.69, 9.17) is 18.0 Å². The van der Waals surface area contributed by atoms with E-state index in [1.165, 1.54) is 70.0 Å². The third kappa shape index (κ3) is 9.88. The number of alkyl halides is 1. The van der Waals surface area contributed by atoms with Gasteiger partial charge in [0, 0.05) is 34.0 Å². The molecule has 1 atom stereocenters. The molecule has 0 bridgehead atoms. The number of hydrogen-bond donors (Lipinski definition) is 0. The van der Waals surface area contributed by atoms with Crippen molar-refractivity contribution >= 4 is 34.2 Å². The summed E-state index contributed by atoms with van der Waals surface area (Å²) in [5.74, 6) is 3.06. The summed E-state index contributed by atoms with van der Waals surface area (Å²) in [5, 5.41) is 0.883. The van der Waals surface area contributed by atoms with Gasteiger partial charge >= 0.3 is 0 Å². The van der Waals surface area contributed by atoms with E-state index in [9.17, 15) is 0 Å². The van der Waals surface area contributed by atoms with Crippen molar-refractivity contribution in [2.45, 2.75) is 75.7 Å². The fraction of sp³-hybridized carbons (Fsp3) is 0.652. The van der Waals surface area contributed by atoms with Gasteiger partial charge in [0.25, 0.3) is 0 Å². The standard InChI is InChI=1S/C23H36ClIN.ClH/c1-4-7-9-13-18-26(23(25)6-3,19-14-10-8-5-2)20-17-21-15-11-12-16-22(21)24;/h3,11-12,15-16,23H,4-5,7-10,13-14,17-20H2,1-2H3;1H/q+1;/p-1. The van der Waals surface area contributed by atoms with Gasteiger partial charge in [0.15, 0.2) is 0 Å². The molecule has 4 heteroatoms. The summed E-state index contributed by atoms with van der Waals surface area (Å²) in [5.41, 5.74) is 1.25. The predicted octanol–water partition coefficient (Wildman–Crippen LogP) is 4.26. The first-order chi connectivity index (χ1) is 12.6. The fourth-order valence-corrected chi connectivity index (χ4v) is 4.65. The molecule has 1 aromatic carbocycles. The summed E-state index contributed by atoms with van der Waals surface area (Å²) in [6, 6.07) is 8.24. The topological polar surface area (TPSA) is 0 Å². The van der Waals surface area contributed by atoms with E-state index < -0.39 is 0 Å². The van der Waals surface area contributed by atoms with Gasteiger partial charge in [0.2, 0.25) is 4.05 Å². The van der Waals surface area contributed by atoms with Gasteiger partial charge in [-0.1, -0.05) is 69.3 Å². The van der Waals surface area contributed by atoms with Crippen LogP contribution in [0.15, 0.2) is 24.3 Å². The summed E-state index contributed by atoms with van der Waals surface area (Å²) in [7, 11) is 0. The minimum Gasteiger partial charge on any atom is -1.00 e. The van der Waals surface area contributed by atoms with Crippen LogP contribution in [0.25, 0.3) is 0 Å². The average molecular weight is 524 g/mol. The molecule has 0 amide bonds. The first kappa shape index (κ1) is 27.0. The van der Waals surface area contributed by atoms with Gasteiger partial charge in [0.05, 0.1) is 19.6 Å². The number of terminal acetylenes is 1. The summed E-state index contributed by atoms with van der Waals surface area (Å²) < 4.78 is 1.27. The number of quaternary nitrogens is 1. The van der Waals surface area contributed by atoms with Crippen LogP contribution in [0.2, 0.25) is 5.02 Å². The van der Waals surface area contributed by atoms with E-state index in [-0.39, 0.29) is 16.5 Å². The van der Waals surface area contributed by atoms with Gasteiger partial charge in [-0.15, -0.1) is 6.42 Å². The van der Waals surface area contributed by atoms with Crippen molar-refractivity contribution in [2.24, 2.45) is 0 Å². The van der Waals surface area contributed by atoms with Gasteiger partial charge in [-0.2, -0.15) is 0 Å². The Morgan fingerprint density at radius 2 is 1.52 bits per heavy atom. The second kappa shape index (κ2) is 15.9. The molecule has 0 aliphatic rings. The van der Waals surface area contributed by atoms with Crippen LogP contribution in [-0.2, 0) is 6.42 Å². The number of hydrogen-bond acceptors (Lipinski definition) is 0. The Morgan fingerprint density at radius 3 is 2.00 bits per heavy atom. The van der Waals surface area contributed by atoms with Gasteiger partial charge in [-0.3, -0.25) is 0 Å². The minimum absolute atomic E-state index is 0. The normalized spacial score (nSPS) is 12.3. The highest BCUT2D eigenvalue weighted by Gasteiger charge is 2.33. The van der Waals surface area contributed by atoms with E-state index in [0.717, 1.165) is 22.5 Å². The molecule has 0 saturated heterocycles. The van der Waals surface area contributed by atoms with E-state index in [1.54, 1.807) is 0 Å². The molecule has 27 heavy (non-hydrogen) atoms. The highest BCUT2D eigenvalue weighted by Crippen LogP contribution is 2.26. The van der Waals surface area contributed by atoms with Crippen molar-refractivity contribution in [2.75, 3.05) is 19.6 Å². The highest BCUT2D eigenvalue weighted by atomic mass is 127. The smallest absolute Gasteiger partial charge is 0.200 e. The molecule has 0 heterocycles. The number of nitrogens with zero attached hydrogens (tertiary/aromatic N) is 1. The maximum atomic E-state index is 6.41. The Labute approximate surface area is 192 Å². The van der Waals surface area contributed by atoms with Crippen LogP contribution in [0.4, 0.5) is 0 Å². The van der Waals surface area contributed by atoms with E-state index in [0.29, 0.717) is 0 Å². The van der Waals surface area contributed by atoms with Crippen LogP contribution in [-0.4, -0.2) is 28.2 Å². The monoisotopic (exact) mass is 523 g/mol. The summed E-state index contributed by atoms with van der Waals surface area (Å²) in [4.78, 5) is 0. The molecule has 0 N–H and O–H groups in total. The number of benzene rings is 1. The molecule has 0 radical (unpaired) electrons. The van der Waals surface area contributed by atoms with Crippen molar-refractivity contribution in [3.63, 3.8) is 0 Å². The Balaban J connectivity index is 0.00000676. The van der Waals surface area contributed by atoms with Crippen molar-refractivity contribution in [1.29, 1.82) is 0 Å². The molecule has 0 aromatic heterocycles. The molecule has 1 aromatic rings. The van der Waals surface area contributed by atoms with Gasteiger partial charge < -0.3 is 16.9 Å². The lowest BCUT2D eigenvalue weighted by Crippen LogP contribution is -3.00. The Kier molecular flexibility index (Phi) is 15.9. The molecule has 0 fully saturated rings. The number of rotatable bonds is 14. The quantitative estimate of drug-likeness (QED) is 0.0853. The van der Waals surface area contributed by atoms with E-state index >= 15 is 0 Å². The lowest BCUT2D eigenvalue weighted by molar-refractivity contribution is -0.927. The van der Waals surface area contributed by atoms with Crippen LogP contribution in [0.1, 0.15) is 70.8 Å². The van der Waals surface area contributed by atoms with Gasteiger partial charge in [-0.25, -0.2) is 0 Å². The minimum atomic E-state index is 0. The predicted molar refractivity (Wildman–Crippen MR) is 125 cm³/mol. The molecule has 0 aliphatic carbocycles. The lowest BCUT2D eigenvalue weighted by Gasteiger charge is -2.41. The number of halogens is 3. The molecule has 0 aliphatic heterocycles. The zero-order valence-corrected chi connectivity index (χ0v) is 20.7. The SMILES string of the molecule is C#CC(I)[N+](CCCCCC)(CCCCCC)CCc1ccccc1Cl.[Cl-]. The third-order valence-corrected chi connectivity index (χ3v) is 7.23. The Morgan fingerprint density at radius 1 is 0.963 bits per heavy atom. The zero-order chi connectivity index (χ0) is 19.3. The van der Waals surface area contributed by atoms with Crippen LogP contribution in [0, 0.1) is 12.3 Å². The molecule has 154 valence electrons. The molecular formula is C23H36Cl2IN. The van der Waals surface area contributed by atoms with Crippen LogP contribution in [0.3, 0.4) is 0 Å². The largest absolute Gasteiger partial charge is 1.00 e. The van der Waals surface area contributed by atoms with Crippen LogP contribution >= 0.6 is 34.2 Å². The van der Waals surface area contributed by atoms with Crippen molar-refractivity contribution < 1.29 is 16.9 Å². The molecule has 0 saturated carbocycles. The average Bonchev–Trinajstić information content (AvgIpc) is 2.66. The second-order valence-corrected chi connectivity index (χ2v) is 8.94. The van der Waals surface area contributed by atoms with Gasteiger partial charge in [-0.05, 0) is 43.2 Å². The van der Waals surface area contributed by atoms with Crippen molar-refractivity contribution in [3.05, 3.63) is 34.9 Å². The maximum absolute atomic E-state index is 6.41.